The summed E-state index contributed by atoms with van der Waals surface area (Å²) >= 11 is 1.15. The van der Waals surface area contributed by atoms with Gasteiger partial charge in [-0.3, -0.25) is 4.79 Å². The minimum Gasteiger partial charge on any atom is -0.435 e. The van der Waals surface area contributed by atoms with Crippen LogP contribution in [0, 0.1) is 0 Å². The van der Waals surface area contributed by atoms with Crippen molar-refractivity contribution in [2.45, 2.75) is 17.8 Å². The zero-order valence-corrected chi connectivity index (χ0v) is 15.4. The molecule has 2 aromatic carbocycles. The lowest BCUT2D eigenvalue weighted by Crippen LogP contribution is -2.30. The first-order chi connectivity index (χ1) is 13.5. The number of benzene rings is 2. The fourth-order valence-corrected chi connectivity index (χ4v) is 3.16. The Morgan fingerprint density at radius 3 is 2.43 bits per heavy atom. The summed E-state index contributed by atoms with van der Waals surface area (Å²) < 4.78 is 30.3. The number of ether oxygens (including phenoxy) is 1. The zero-order chi connectivity index (χ0) is 19.9. The van der Waals surface area contributed by atoms with E-state index in [9.17, 15) is 13.6 Å². The van der Waals surface area contributed by atoms with Crippen LogP contribution in [0.1, 0.15) is 17.2 Å². The van der Waals surface area contributed by atoms with E-state index in [4.69, 9.17) is 5.84 Å². The molecule has 0 saturated carbocycles. The molecular weight excluding hydrogens is 388 g/mol. The molecule has 3 N–H and O–H groups in total. The molecule has 0 aliphatic rings. The minimum atomic E-state index is -2.89. The number of carbonyl (C=O) groups excluding carboxylic acids is 1. The quantitative estimate of drug-likeness (QED) is 0.442. The van der Waals surface area contributed by atoms with Gasteiger partial charge in [0, 0.05) is 0 Å². The number of thioether (sulfide) groups is 1. The van der Waals surface area contributed by atoms with Crippen molar-refractivity contribution in [3.05, 3.63) is 72.1 Å². The lowest BCUT2D eigenvalue weighted by atomic mass is 9.98. The standard InChI is InChI=1S/C18H17F2N5O2S/c19-17(20)27-14-8-6-13(7-9-14)16(12-4-2-1-3-5-12)23-15(26)10-28-18-24-22-11-25(18)21/h1-9,11,16-17H,10,21H2,(H,23,26)/t16-/m0/s1. The summed E-state index contributed by atoms with van der Waals surface area (Å²) in [6.45, 7) is -2.89. The van der Waals surface area contributed by atoms with E-state index in [0.717, 1.165) is 22.9 Å². The fraction of sp³-hybridized carbons (Fsp3) is 0.167. The van der Waals surface area contributed by atoms with Gasteiger partial charge in [-0.1, -0.05) is 54.2 Å². The Bertz CT molecular complexity index is 906. The lowest BCUT2D eigenvalue weighted by molar-refractivity contribution is -0.119. The van der Waals surface area contributed by atoms with Crippen molar-refractivity contribution < 1.29 is 18.3 Å². The molecule has 1 amide bonds. The van der Waals surface area contributed by atoms with Crippen LogP contribution in [-0.2, 0) is 4.79 Å². The van der Waals surface area contributed by atoms with E-state index in [1.54, 1.807) is 12.1 Å². The molecule has 1 atom stereocenters. The second-order valence-electron chi connectivity index (χ2n) is 5.67. The van der Waals surface area contributed by atoms with E-state index in [2.05, 4.69) is 20.3 Å². The predicted octanol–water partition coefficient (Wildman–Crippen LogP) is 2.59. The van der Waals surface area contributed by atoms with Crippen LogP contribution in [0.15, 0.2) is 66.1 Å². The molecule has 3 aromatic rings. The number of aromatic nitrogens is 3. The Labute approximate surface area is 163 Å². The van der Waals surface area contributed by atoms with Crippen LogP contribution in [-0.4, -0.2) is 33.1 Å². The number of nitrogens with zero attached hydrogens (tertiary/aromatic N) is 3. The van der Waals surface area contributed by atoms with Crippen molar-refractivity contribution in [1.29, 1.82) is 0 Å². The highest BCUT2D eigenvalue weighted by Gasteiger charge is 2.18. The highest BCUT2D eigenvalue weighted by atomic mass is 32.2. The summed E-state index contributed by atoms with van der Waals surface area (Å²) in [5, 5.41) is 10.8. The van der Waals surface area contributed by atoms with Crippen LogP contribution in [0.3, 0.4) is 0 Å². The van der Waals surface area contributed by atoms with E-state index in [-0.39, 0.29) is 17.4 Å². The summed E-state index contributed by atoms with van der Waals surface area (Å²) in [6.07, 6.45) is 1.34. The highest BCUT2D eigenvalue weighted by molar-refractivity contribution is 7.99. The molecule has 0 unspecified atom stereocenters. The third-order valence-electron chi connectivity index (χ3n) is 3.75. The summed E-state index contributed by atoms with van der Waals surface area (Å²) in [4.78, 5) is 12.5. The SMILES string of the molecule is Nn1cnnc1SCC(=O)N[C@@H](c1ccccc1)c1ccc(OC(F)F)cc1. The smallest absolute Gasteiger partial charge is 0.387 e. The van der Waals surface area contributed by atoms with Crippen LogP contribution >= 0.6 is 11.8 Å². The molecular formula is C18H17F2N5O2S. The molecule has 1 heterocycles. The third-order valence-corrected chi connectivity index (χ3v) is 4.71. The number of amides is 1. The molecule has 0 aliphatic carbocycles. The number of rotatable bonds is 8. The third kappa shape index (κ3) is 5.19. The molecule has 10 heteroatoms. The van der Waals surface area contributed by atoms with Gasteiger partial charge in [0.2, 0.25) is 11.1 Å². The van der Waals surface area contributed by atoms with E-state index >= 15 is 0 Å². The minimum absolute atomic E-state index is 0.0507. The van der Waals surface area contributed by atoms with Gasteiger partial charge in [0.05, 0.1) is 11.8 Å². The molecule has 7 nitrogen and oxygen atoms in total. The first kappa shape index (κ1) is 19.6. The van der Waals surface area contributed by atoms with Gasteiger partial charge in [-0.05, 0) is 23.3 Å². The molecule has 146 valence electrons. The Kier molecular flexibility index (Phi) is 6.43. The average Bonchev–Trinajstić information content (AvgIpc) is 3.10. The van der Waals surface area contributed by atoms with Crippen LogP contribution in [0.2, 0.25) is 0 Å². The van der Waals surface area contributed by atoms with E-state index < -0.39 is 12.7 Å². The number of nitrogens with one attached hydrogen (secondary N) is 1. The van der Waals surface area contributed by atoms with Crippen molar-refractivity contribution in [1.82, 2.24) is 20.2 Å². The fourth-order valence-electron chi connectivity index (χ4n) is 2.51. The molecule has 0 fully saturated rings. The molecule has 1 aromatic heterocycles. The van der Waals surface area contributed by atoms with Crippen LogP contribution in [0.5, 0.6) is 5.75 Å². The van der Waals surface area contributed by atoms with Crippen molar-refractivity contribution >= 4 is 17.7 Å². The average molecular weight is 405 g/mol. The van der Waals surface area contributed by atoms with E-state index in [1.807, 2.05) is 30.3 Å². The Morgan fingerprint density at radius 2 is 1.82 bits per heavy atom. The number of nitrogens with two attached hydrogens (primary N) is 1. The van der Waals surface area contributed by atoms with Crippen molar-refractivity contribution in [3.8, 4) is 5.75 Å². The lowest BCUT2D eigenvalue weighted by Gasteiger charge is -2.20. The van der Waals surface area contributed by atoms with Gasteiger partial charge in [0.15, 0.2) is 0 Å². The number of nitrogen functional groups attached to an aromatic ring is 1. The molecule has 0 aliphatic heterocycles. The largest absolute Gasteiger partial charge is 0.435 e. The first-order valence-electron chi connectivity index (χ1n) is 8.20. The topological polar surface area (TPSA) is 95.1 Å². The van der Waals surface area contributed by atoms with Crippen LogP contribution in [0.4, 0.5) is 8.78 Å². The second kappa shape index (κ2) is 9.18. The first-order valence-corrected chi connectivity index (χ1v) is 9.18. The number of hydrogen-bond acceptors (Lipinski definition) is 6. The number of carbonyl (C=O) groups is 1. The predicted molar refractivity (Wildman–Crippen MR) is 100 cm³/mol. The van der Waals surface area contributed by atoms with Gasteiger partial charge < -0.3 is 15.9 Å². The van der Waals surface area contributed by atoms with Crippen molar-refractivity contribution in [3.63, 3.8) is 0 Å². The zero-order valence-electron chi connectivity index (χ0n) is 14.5. The summed E-state index contributed by atoms with van der Waals surface area (Å²) in [6, 6.07) is 15.0. The normalized spacial score (nSPS) is 12.0. The van der Waals surface area contributed by atoms with E-state index in [0.29, 0.717) is 5.16 Å². The highest BCUT2D eigenvalue weighted by Crippen LogP contribution is 2.25. The van der Waals surface area contributed by atoms with Crippen molar-refractivity contribution in [2.75, 3.05) is 11.6 Å². The maximum atomic E-state index is 12.5. The van der Waals surface area contributed by atoms with Crippen LogP contribution in [0.25, 0.3) is 0 Å². The van der Waals surface area contributed by atoms with Gasteiger partial charge in [-0.15, -0.1) is 10.2 Å². The Hall–Kier alpha value is -3.14. The summed E-state index contributed by atoms with van der Waals surface area (Å²) in [7, 11) is 0. The molecule has 0 radical (unpaired) electrons. The monoisotopic (exact) mass is 405 g/mol. The van der Waals surface area contributed by atoms with Gasteiger partial charge in [0.1, 0.15) is 12.1 Å². The summed E-state index contributed by atoms with van der Waals surface area (Å²) in [5.41, 5.74) is 1.58. The molecule has 0 bridgehead atoms. The molecule has 0 saturated heterocycles. The molecule has 28 heavy (non-hydrogen) atoms. The van der Waals surface area contributed by atoms with Gasteiger partial charge >= 0.3 is 6.61 Å². The van der Waals surface area contributed by atoms with Gasteiger partial charge in [-0.25, -0.2) is 4.68 Å². The van der Waals surface area contributed by atoms with Gasteiger partial charge in [0.25, 0.3) is 0 Å². The summed E-state index contributed by atoms with van der Waals surface area (Å²) in [5.74, 6) is 5.53. The van der Waals surface area contributed by atoms with Crippen molar-refractivity contribution in [2.24, 2.45) is 0 Å². The maximum Gasteiger partial charge on any atom is 0.387 e. The van der Waals surface area contributed by atoms with Crippen LogP contribution < -0.4 is 15.9 Å². The number of hydrogen-bond donors (Lipinski definition) is 2. The Morgan fingerprint density at radius 1 is 1.14 bits per heavy atom. The number of halogens is 2. The van der Waals surface area contributed by atoms with E-state index in [1.165, 1.54) is 23.1 Å². The maximum absolute atomic E-state index is 12.5. The van der Waals surface area contributed by atoms with Gasteiger partial charge in [-0.2, -0.15) is 8.78 Å². The number of alkyl halides is 2. The molecule has 3 rings (SSSR count). The second-order valence-corrected chi connectivity index (χ2v) is 6.61. The molecule has 0 spiro atoms. The Balaban J connectivity index is 1.74.